The van der Waals surface area contributed by atoms with Crippen LogP contribution in [0.15, 0.2) is 0 Å². The molecule has 0 spiro atoms. The fourth-order valence-electron chi connectivity index (χ4n) is 3.85. The standard InChI is InChI=1S/C15H29NO/c1-11-4-5-13(10-12(11)2)15(17)8-6-14(16-3)7-9-15/h11-14,16-17H,4-10H2,1-3H3. The molecule has 2 fully saturated rings. The first-order valence-corrected chi connectivity index (χ1v) is 7.45. The Bertz CT molecular complexity index is 245. The molecule has 0 aromatic carbocycles. The highest BCUT2D eigenvalue weighted by Crippen LogP contribution is 2.44. The molecule has 2 saturated carbocycles. The Hall–Kier alpha value is -0.0800. The Balaban J connectivity index is 1.93. The first-order valence-electron chi connectivity index (χ1n) is 7.45. The first kappa shape index (κ1) is 13.4. The Morgan fingerprint density at radius 2 is 1.65 bits per heavy atom. The van der Waals surface area contributed by atoms with E-state index in [1.54, 1.807) is 0 Å². The quantitative estimate of drug-likeness (QED) is 0.776. The first-order chi connectivity index (χ1) is 8.05. The summed E-state index contributed by atoms with van der Waals surface area (Å²) in [5.74, 6) is 2.20. The Morgan fingerprint density at radius 3 is 2.18 bits per heavy atom. The van der Waals surface area contributed by atoms with Gasteiger partial charge in [0.15, 0.2) is 0 Å². The molecule has 3 atom stereocenters. The van der Waals surface area contributed by atoms with Gasteiger partial charge in [0.05, 0.1) is 5.60 Å². The third-order valence-electron chi connectivity index (χ3n) is 5.62. The monoisotopic (exact) mass is 239 g/mol. The van der Waals surface area contributed by atoms with Gasteiger partial charge in [-0.15, -0.1) is 0 Å². The van der Waals surface area contributed by atoms with Gasteiger partial charge >= 0.3 is 0 Å². The third-order valence-corrected chi connectivity index (χ3v) is 5.62. The number of hydrogen-bond donors (Lipinski definition) is 2. The van der Waals surface area contributed by atoms with E-state index in [1.807, 2.05) is 7.05 Å². The van der Waals surface area contributed by atoms with E-state index in [2.05, 4.69) is 19.2 Å². The highest BCUT2D eigenvalue weighted by atomic mass is 16.3. The second-order valence-corrected chi connectivity index (χ2v) is 6.63. The minimum Gasteiger partial charge on any atom is -0.390 e. The summed E-state index contributed by atoms with van der Waals surface area (Å²) in [6.07, 6.45) is 8.09. The maximum absolute atomic E-state index is 10.9. The Labute approximate surface area is 106 Å². The topological polar surface area (TPSA) is 32.3 Å². The van der Waals surface area contributed by atoms with E-state index in [1.165, 1.54) is 19.3 Å². The summed E-state index contributed by atoms with van der Waals surface area (Å²) in [6, 6.07) is 0.634. The molecule has 0 heterocycles. The zero-order valence-corrected chi connectivity index (χ0v) is 11.7. The van der Waals surface area contributed by atoms with Crippen LogP contribution in [0.25, 0.3) is 0 Å². The van der Waals surface area contributed by atoms with Crippen molar-refractivity contribution in [2.75, 3.05) is 7.05 Å². The molecule has 2 nitrogen and oxygen atoms in total. The van der Waals surface area contributed by atoms with Crippen molar-refractivity contribution < 1.29 is 5.11 Å². The summed E-state index contributed by atoms with van der Waals surface area (Å²) in [5, 5.41) is 14.2. The third kappa shape index (κ3) is 2.85. The van der Waals surface area contributed by atoms with Gasteiger partial charge in [-0.2, -0.15) is 0 Å². The zero-order valence-electron chi connectivity index (χ0n) is 11.7. The Morgan fingerprint density at radius 1 is 1.00 bits per heavy atom. The fraction of sp³-hybridized carbons (Fsp3) is 1.00. The van der Waals surface area contributed by atoms with Gasteiger partial charge in [-0.05, 0) is 63.3 Å². The van der Waals surface area contributed by atoms with Crippen molar-refractivity contribution in [3.05, 3.63) is 0 Å². The van der Waals surface area contributed by atoms with Gasteiger partial charge in [-0.3, -0.25) is 0 Å². The van der Waals surface area contributed by atoms with Gasteiger partial charge < -0.3 is 10.4 Å². The second kappa shape index (κ2) is 5.27. The van der Waals surface area contributed by atoms with E-state index in [-0.39, 0.29) is 5.60 Å². The van der Waals surface area contributed by atoms with E-state index in [0.29, 0.717) is 12.0 Å². The van der Waals surface area contributed by atoms with Crippen LogP contribution in [-0.2, 0) is 0 Å². The van der Waals surface area contributed by atoms with Crippen LogP contribution in [-0.4, -0.2) is 23.8 Å². The van der Waals surface area contributed by atoms with Crippen LogP contribution in [0, 0.1) is 17.8 Å². The number of nitrogens with one attached hydrogen (secondary N) is 1. The minimum absolute atomic E-state index is 0.345. The minimum atomic E-state index is -0.345. The molecule has 2 aliphatic carbocycles. The lowest BCUT2D eigenvalue weighted by atomic mass is 9.65. The lowest BCUT2D eigenvalue weighted by Crippen LogP contribution is -2.47. The van der Waals surface area contributed by atoms with E-state index in [0.717, 1.165) is 37.5 Å². The van der Waals surface area contributed by atoms with E-state index < -0.39 is 0 Å². The van der Waals surface area contributed by atoms with Gasteiger partial charge in [0.1, 0.15) is 0 Å². The molecule has 100 valence electrons. The molecule has 0 amide bonds. The highest BCUT2D eigenvalue weighted by Gasteiger charge is 2.42. The number of rotatable bonds is 2. The van der Waals surface area contributed by atoms with E-state index >= 15 is 0 Å². The summed E-state index contributed by atoms with van der Waals surface area (Å²) in [7, 11) is 2.04. The molecular weight excluding hydrogens is 210 g/mol. The Kier molecular flexibility index (Phi) is 4.14. The van der Waals surface area contributed by atoms with Crippen LogP contribution in [0.2, 0.25) is 0 Å². The van der Waals surface area contributed by atoms with Crippen molar-refractivity contribution in [2.45, 2.75) is 70.4 Å². The van der Waals surface area contributed by atoms with Crippen molar-refractivity contribution in [1.82, 2.24) is 5.32 Å². The predicted molar refractivity (Wildman–Crippen MR) is 71.9 cm³/mol. The molecule has 0 bridgehead atoms. The summed E-state index contributed by atoms with van der Waals surface area (Å²) in [4.78, 5) is 0. The summed E-state index contributed by atoms with van der Waals surface area (Å²) in [6.45, 7) is 4.72. The molecular formula is C15H29NO. The fourth-order valence-corrected chi connectivity index (χ4v) is 3.85. The largest absolute Gasteiger partial charge is 0.390 e. The van der Waals surface area contributed by atoms with Crippen molar-refractivity contribution in [3.8, 4) is 0 Å². The predicted octanol–water partition coefficient (Wildman–Crippen LogP) is 2.95. The number of aliphatic hydroxyl groups is 1. The number of hydrogen-bond acceptors (Lipinski definition) is 2. The van der Waals surface area contributed by atoms with Crippen molar-refractivity contribution in [2.24, 2.45) is 17.8 Å². The molecule has 2 N–H and O–H groups in total. The lowest BCUT2D eigenvalue weighted by Gasteiger charge is -2.45. The summed E-state index contributed by atoms with van der Waals surface area (Å²) < 4.78 is 0. The summed E-state index contributed by atoms with van der Waals surface area (Å²) in [5.41, 5.74) is -0.345. The molecule has 2 rings (SSSR count). The van der Waals surface area contributed by atoms with E-state index in [4.69, 9.17) is 0 Å². The normalized spacial score (nSPS) is 48.0. The van der Waals surface area contributed by atoms with Gasteiger partial charge in [-0.25, -0.2) is 0 Å². The molecule has 0 radical (unpaired) electrons. The van der Waals surface area contributed by atoms with Crippen LogP contribution in [0.5, 0.6) is 0 Å². The van der Waals surface area contributed by atoms with Crippen molar-refractivity contribution in [3.63, 3.8) is 0 Å². The van der Waals surface area contributed by atoms with Gasteiger partial charge in [0.25, 0.3) is 0 Å². The van der Waals surface area contributed by atoms with Crippen molar-refractivity contribution in [1.29, 1.82) is 0 Å². The lowest BCUT2D eigenvalue weighted by molar-refractivity contribution is -0.0766. The van der Waals surface area contributed by atoms with Crippen LogP contribution in [0.4, 0.5) is 0 Å². The van der Waals surface area contributed by atoms with Crippen LogP contribution < -0.4 is 5.32 Å². The summed E-state index contributed by atoms with van der Waals surface area (Å²) >= 11 is 0. The maximum Gasteiger partial charge on any atom is 0.0677 e. The van der Waals surface area contributed by atoms with Crippen LogP contribution >= 0.6 is 0 Å². The van der Waals surface area contributed by atoms with Gasteiger partial charge in [0.2, 0.25) is 0 Å². The molecule has 2 aliphatic rings. The molecule has 0 aliphatic heterocycles. The average Bonchev–Trinajstić information content (AvgIpc) is 2.33. The molecule has 0 saturated heterocycles. The SMILES string of the molecule is CNC1CCC(O)(C2CCC(C)C(C)C2)CC1. The molecule has 0 aromatic heterocycles. The smallest absolute Gasteiger partial charge is 0.0677 e. The van der Waals surface area contributed by atoms with Crippen LogP contribution in [0.3, 0.4) is 0 Å². The van der Waals surface area contributed by atoms with Crippen molar-refractivity contribution >= 4 is 0 Å². The zero-order chi connectivity index (χ0) is 12.5. The maximum atomic E-state index is 10.9. The molecule has 17 heavy (non-hydrogen) atoms. The van der Waals surface area contributed by atoms with Gasteiger partial charge in [-0.1, -0.05) is 20.3 Å². The van der Waals surface area contributed by atoms with Gasteiger partial charge in [0, 0.05) is 6.04 Å². The second-order valence-electron chi connectivity index (χ2n) is 6.63. The highest BCUT2D eigenvalue weighted by molar-refractivity contribution is 4.95. The average molecular weight is 239 g/mol. The van der Waals surface area contributed by atoms with E-state index in [9.17, 15) is 5.11 Å². The molecule has 0 aromatic rings. The van der Waals surface area contributed by atoms with Crippen LogP contribution in [0.1, 0.15) is 58.8 Å². The molecule has 3 unspecified atom stereocenters. The molecule has 2 heteroatoms.